The molecular weight excluding hydrogens is 335 g/mol. The summed E-state index contributed by atoms with van der Waals surface area (Å²) in [6, 6.07) is 13.3. The monoisotopic (exact) mass is 348 g/mol. The maximum Gasteiger partial charge on any atom is 0.276 e. The highest BCUT2D eigenvalue weighted by Gasteiger charge is 2.45. The zero-order valence-electron chi connectivity index (χ0n) is 12.3. The first-order valence-corrected chi connectivity index (χ1v) is 7.78. The predicted molar refractivity (Wildman–Crippen MR) is 90.7 cm³/mol. The van der Waals surface area contributed by atoms with Gasteiger partial charge in [-0.05, 0) is 37.3 Å². The third kappa shape index (κ3) is 2.98. The zero-order chi connectivity index (χ0) is 16.6. The minimum atomic E-state index is -1.53. The predicted octanol–water partition coefficient (Wildman–Crippen LogP) is 4.06. The van der Waals surface area contributed by atoms with Crippen molar-refractivity contribution >= 4 is 34.8 Å². The molecule has 0 saturated heterocycles. The highest BCUT2D eigenvalue weighted by Crippen LogP contribution is 2.36. The molecular formula is C17H14Cl2N2O2. The van der Waals surface area contributed by atoms with Crippen molar-refractivity contribution in [2.75, 3.05) is 0 Å². The summed E-state index contributed by atoms with van der Waals surface area (Å²) in [5.41, 5.74) is 0.0488. The summed E-state index contributed by atoms with van der Waals surface area (Å²) in [4.78, 5) is 12.8. The second kappa shape index (κ2) is 5.96. The molecule has 0 saturated carbocycles. The van der Waals surface area contributed by atoms with E-state index in [1.54, 1.807) is 55.5 Å². The highest BCUT2D eigenvalue weighted by molar-refractivity contribution is 6.31. The fraction of sp³-hybridized carbons (Fsp3) is 0.176. The molecule has 118 valence electrons. The van der Waals surface area contributed by atoms with E-state index in [4.69, 9.17) is 23.2 Å². The topological polar surface area (TPSA) is 52.9 Å². The number of hydrogen-bond donors (Lipinski definition) is 1. The van der Waals surface area contributed by atoms with Crippen molar-refractivity contribution in [3.05, 3.63) is 69.7 Å². The summed E-state index contributed by atoms with van der Waals surface area (Å²) in [7, 11) is 0. The number of rotatable bonds is 2. The zero-order valence-corrected chi connectivity index (χ0v) is 13.8. The number of carbonyl (C=O) groups excluding carboxylic acids is 1. The maximum absolute atomic E-state index is 12.8. The lowest BCUT2D eigenvalue weighted by molar-refractivity contribution is -0.0765. The van der Waals surface area contributed by atoms with Gasteiger partial charge in [0.1, 0.15) is 0 Å². The lowest BCUT2D eigenvalue weighted by atomic mass is 9.97. The number of benzene rings is 2. The average molecular weight is 349 g/mol. The van der Waals surface area contributed by atoms with E-state index in [0.717, 1.165) is 5.01 Å². The fourth-order valence-electron chi connectivity index (χ4n) is 2.62. The molecule has 0 radical (unpaired) electrons. The van der Waals surface area contributed by atoms with Crippen LogP contribution in [0, 0.1) is 0 Å². The third-order valence-corrected chi connectivity index (χ3v) is 4.18. The molecule has 2 aromatic carbocycles. The molecule has 0 bridgehead atoms. The Bertz CT molecular complexity index is 789. The highest BCUT2D eigenvalue weighted by atomic mass is 35.5. The van der Waals surface area contributed by atoms with Gasteiger partial charge >= 0.3 is 0 Å². The van der Waals surface area contributed by atoms with E-state index in [9.17, 15) is 9.90 Å². The van der Waals surface area contributed by atoms with Crippen molar-refractivity contribution in [1.82, 2.24) is 5.01 Å². The Morgan fingerprint density at radius 3 is 2.52 bits per heavy atom. The number of hydrogen-bond acceptors (Lipinski definition) is 3. The quantitative estimate of drug-likeness (QED) is 0.889. The first kappa shape index (κ1) is 16.0. The summed E-state index contributed by atoms with van der Waals surface area (Å²) in [6.07, 6.45) is 0.237. The van der Waals surface area contributed by atoms with Crippen LogP contribution < -0.4 is 0 Å². The normalized spacial score (nSPS) is 20.5. The largest absolute Gasteiger partial charge is 0.365 e. The number of aliphatic hydroxyl groups is 1. The van der Waals surface area contributed by atoms with Crippen LogP contribution in [0.2, 0.25) is 10.0 Å². The van der Waals surface area contributed by atoms with Gasteiger partial charge in [-0.25, -0.2) is 0 Å². The van der Waals surface area contributed by atoms with Crippen LogP contribution in [0.3, 0.4) is 0 Å². The van der Waals surface area contributed by atoms with Gasteiger partial charge in [0, 0.05) is 33.3 Å². The van der Waals surface area contributed by atoms with Crippen LogP contribution in [-0.4, -0.2) is 21.7 Å². The van der Waals surface area contributed by atoms with E-state index in [1.807, 2.05) is 0 Å². The number of nitrogens with zero attached hydrogens (tertiary/aromatic N) is 2. The molecule has 0 aromatic heterocycles. The summed E-state index contributed by atoms with van der Waals surface area (Å²) >= 11 is 11.8. The van der Waals surface area contributed by atoms with Gasteiger partial charge in [0.05, 0.1) is 0 Å². The van der Waals surface area contributed by atoms with E-state index < -0.39 is 11.6 Å². The van der Waals surface area contributed by atoms with Crippen LogP contribution in [0.15, 0.2) is 53.6 Å². The van der Waals surface area contributed by atoms with Crippen molar-refractivity contribution in [3.63, 3.8) is 0 Å². The van der Waals surface area contributed by atoms with Crippen molar-refractivity contribution in [3.8, 4) is 0 Å². The summed E-state index contributed by atoms with van der Waals surface area (Å²) in [5, 5.41) is 17.4. The van der Waals surface area contributed by atoms with Crippen LogP contribution in [-0.2, 0) is 5.72 Å². The Labute approximate surface area is 143 Å². The lowest BCUT2D eigenvalue weighted by Crippen LogP contribution is -2.43. The summed E-state index contributed by atoms with van der Waals surface area (Å²) in [5.74, 6) is -0.415. The number of hydrazone groups is 1. The van der Waals surface area contributed by atoms with Gasteiger partial charge in [-0.2, -0.15) is 10.1 Å². The number of carbonyl (C=O) groups is 1. The first-order chi connectivity index (χ1) is 10.9. The van der Waals surface area contributed by atoms with E-state index in [2.05, 4.69) is 5.10 Å². The van der Waals surface area contributed by atoms with Crippen molar-refractivity contribution in [2.45, 2.75) is 19.1 Å². The molecule has 0 spiro atoms. The van der Waals surface area contributed by atoms with E-state index in [0.29, 0.717) is 26.9 Å². The second-order valence-electron chi connectivity index (χ2n) is 5.46. The van der Waals surface area contributed by atoms with Gasteiger partial charge < -0.3 is 5.11 Å². The molecule has 1 N–H and O–H groups in total. The maximum atomic E-state index is 12.8. The molecule has 1 unspecified atom stereocenters. The Hall–Kier alpha value is -1.88. The Morgan fingerprint density at radius 2 is 1.87 bits per heavy atom. The van der Waals surface area contributed by atoms with Gasteiger partial charge in [0.2, 0.25) is 0 Å². The van der Waals surface area contributed by atoms with Crippen LogP contribution >= 0.6 is 23.2 Å². The van der Waals surface area contributed by atoms with Gasteiger partial charge in [0.15, 0.2) is 5.72 Å². The molecule has 4 nitrogen and oxygen atoms in total. The van der Waals surface area contributed by atoms with E-state index >= 15 is 0 Å². The van der Waals surface area contributed by atoms with Gasteiger partial charge in [0.25, 0.3) is 5.91 Å². The van der Waals surface area contributed by atoms with Crippen LogP contribution in [0.25, 0.3) is 0 Å². The van der Waals surface area contributed by atoms with E-state index in [-0.39, 0.29) is 6.42 Å². The molecule has 2 aromatic rings. The van der Waals surface area contributed by atoms with Gasteiger partial charge in [-0.15, -0.1) is 0 Å². The number of halogens is 2. The summed E-state index contributed by atoms with van der Waals surface area (Å²) in [6.45, 7) is 1.77. The SMILES string of the molecule is CC1=NN(C(=O)c2cccc(Cl)c2)C(O)(c2ccc(Cl)cc2)C1. The first-order valence-electron chi connectivity index (χ1n) is 7.03. The smallest absolute Gasteiger partial charge is 0.276 e. The summed E-state index contributed by atoms with van der Waals surface area (Å²) < 4.78 is 0. The van der Waals surface area contributed by atoms with E-state index in [1.165, 1.54) is 0 Å². The minimum absolute atomic E-state index is 0.237. The van der Waals surface area contributed by atoms with Crippen molar-refractivity contribution < 1.29 is 9.90 Å². The Morgan fingerprint density at radius 1 is 1.17 bits per heavy atom. The fourth-order valence-corrected chi connectivity index (χ4v) is 2.94. The van der Waals surface area contributed by atoms with Crippen LogP contribution in [0.4, 0.5) is 0 Å². The molecule has 1 aliphatic rings. The minimum Gasteiger partial charge on any atom is -0.365 e. The Kier molecular flexibility index (Phi) is 4.15. The Balaban J connectivity index is 2.01. The number of amides is 1. The van der Waals surface area contributed by atoms with Crippen molar-refractivity contribution in [1.29, 1.82) is 0 Å². The molecule has 23 heavy (non-hydrogen) atoms. The van der Waals surface area contributed by atoms with Crippen molar-refractivity contribution in [2.24, 2.45) is 5.10 Å². The van der Waals surface area contributed by atoms with Crippen LogP contribution in [0.1, 0.15) is 29.3 Å². The van der Waals surface area contributed by atoms with Gasteiger partial charge in [-0.1, -0.05) is 41.4 Å². The molecule has 3 rings (SSSR count). The van der Waals surface area contributed by atoms with Gasteiger partial charge in [-0.3, -0.25) is 4.79 Å². The molecule has 1 atom stereocenters. The van der Waals surface area contributed by atoms with Crippen LogP contribution in [0.5, 0.6) is 0 Å². The molecule has 1 amide bonds. The lowest BCUT2D eigenvalue weighted by Gasteiger charge is -2.31. The molecule has 6 heteroatoms. The molecule has 1 heterocycles. The average Bonchev–Trinajstić information content (AvgIpc) is 2.83. The second-order valence-corrected chi connectivity index (χ2v) is 6.34. The molecule has 0 fully saturated rings. The third-order valence-electron chi connectivity index (χ3n) is 3.69. The molecule has 1 aliphatic heterocycles. The molecule has 0 aliphatic carbocycles. The standard InChI is InChI=1S/C17H14Cl2N2O2/c1-11-10-17(23,13-5-7-14(18)8-6-13)21(20-11)16(22)12-3-2-4-15(19)9-12/h2-9,23H,10H2,1H3.